The van der Waals surface area contributed by atoms with Gasteiger partial charge < -0.3 is 5.73 Å². The first kappa shape index (κ1) is 15.6. The first-order valence-electron chi connectivity index (χ1n) is 6.88. The van der Waals surface area contributed by atoms with E-state index in [0.717, 1.165) is 30.5 Å². The highest BCUT2D eigenvalue weighted by Gasteiger charge is 2.03. The molecule has 1 aromatic carbocycles. The van der Waals surface area contributed by atoms with Crippen molar-refractivity contribution in [2.45, 2.75) is 46.0 Å². The Morgan fingerprint density at radius 3 is 2.42 bits per heavy atom. The molecule has 1 aromatic rings. The third kappa shape index (κ3) is 5.83. The van der Waals surface area contributed by atoms with Gasteiger partial charge in [0.05, 0.1) is 5.71 Å². The van der Waals surface area contributed by atoms with Gasteiger partial charge in [-0.3, -0.25) is 5.43 Å². The fraction of sp³-hybridized carbons (Fsp3) is 0.467. The Labute approximate surface area is 121 Å². The first-order chi connectivity index (χ1) is 9.17. The average molecular weight is 277 g/mol. The summed E-state index contributed by atoms with van der Waals surface area (Å²) in [5, 5.41) is 4.48. The number of unbranched alkanes of at least 4 members (excludes halogenated alkanes) is 1. The van der Waals surface area contributed by atoms with Gasteiger partial charge in [0.1, 0.15) is 0 Å². The molecule has 0 aliphatic carbocycles. The summed E-state index contributed by atoms with van der Waals surface area (Å²) in [6.07, 6.45) is 5.54. The quantitative estimate of drug-likeness (QED) is 0.456. The smallest absolute Gasteiger partial charge is 0.184 e. The van der Waals surface area contributed by atoms with Crippen LogP contribution in [0.2, 0.25) is 0 Å². The van der Waals surface area contributed by atoms with E-state index >= 15 is 0 Å². The molecule has 3 nitrogen and oxygen atoms in total. The number of rotatable bonds is 7. The summed E-state index contributed by atoms with van der Waals surface area (Å²) in [7, 11) is 0. The van der Waals surface area contributed by atoms with E-state index in [0.29, 0.717) is 0 Å². The van der Waals surface area contributed by atoms with Crippen LogP contribution in [-0.4, -0.2) is 10.8 Å². The lowest BCUT2D eigenvalue weighted by atomic mass is 10.0. The normalized spacial score (nSPS) is 11.4. The highest BCUT2D eigenvalue weighted by atomic mass is 32.1. The van der Waals surface area contributed by atoms with Gasteiger partial charge in [0.15, 0.2) is 5.11 Å². The molecule has 0 saturated carbocycles. The third-order valence-corrected chi connectivity index (χ3v) is 2.99. The van der Waals surface area contributed by atoms with Crippen LogP contribution in [0.5, 0.6) is 0 Å². The van der Waals surface area contributed by atoms with Crippen molar-refractivity contribution in [3.8, 4) is 0 Å². The van der Waals surface area contributed by atoms with Crippen LogP contribution in [0.1, 0.15) is 50.7 Å². The molecule has 0 atom stereocenters. The molecule has 3 N–H and O–H groups in total. The molecule has 0 amide bonds. The Hall–Kier alpha value is -1.42. The summed E-state index contributed by atoms with van der Waals surface area (Å²) >= 11 is 4.78. The zero-order valence-corrected chi connectivity index (χ0v) is 12.6. The topological polar surface area (TPSA) is 50.4 Å². The molecule has 19 heavy (non-hydrogen) atoms. The van der Waals surface area contributed by atoms with Crippen molar-refractivity contribution >= 4 is 23.0 Å². The van der Waals surface area contributed by atoms with Crippen LogP contribution in [0.15, 0.2) is 29.4 Å². The third-order valence-electron chi connectivity index (χ3n) is 2.89. The summed E-state index contributed by atoms with van der Waals surface area (Å²) < 4.78 is 0. The number of nitrogens with one attached hydrogen (secondary N) is 1. The van der Waals surface area contributed by atoms with Crippen LogP contribution < -0.4 is 11.2 Å². The van der Waals surface area contributed by atoms with E-state index in [1.807, 2.05) is 0 Å². The van der Waals surface area contributed by atoms with Gasteiger partial charge in [0.25, 0.3) is 0 Å². The number of hydrazone groups is 1. The molecule has 0 spiro atoms. The number of thiocarbonyl (C=S) groups is 1. The van der Waals surface area contributed by atoms with Gasteiger partial charge in [-0.2, -0.15) is 5.10 Å². The molecular weight excluding hydrogens is 254 g/mol. The minimum atomic E-state index is 0.202. The molecular formula is C15H23N3S. The highest BCUT2D eigenvalue weighted by Crippen LogP contribution is 2.11. The van der Waals surface area contributed by atoms with Gasteiger partial charge in [-0.15, -0.1) is 0 Å². The van der Waals surface area contributed by atoms with Gasteiger partial charge in [0.2, 0.25) is 0 Å². The molecule has 0 heterocycles. The van der Waals surface area contributed by atoms with E-state index in [2.05, 4.69) is 48.6 Å². The van der Waals surface area contributed by atoms with Crippen molar-refractivity contribution in [3.05, 3.63) is 35.4 Å². The molecule has 0 saturated heterocycles. The summed E-state index contributed by atoms with van der Waals surface area (Å²) in [6.45, 7) is 4.34. The number of hydrogen-bond donors (Lipinski definition) is 2. The van der Waals surface area contributed by atoms with E-state index in [4.69, 9.17) is 18.0 Å². The van der Waals surface area contributed by atoms with E-state index in [1.54, 1.807) is 0 Å². The summed E-state index contributed by atoms with van der Waals surface area (Å²) in [5.41, 5.74) is 11.6. The maximum absolute atomic E-state index is 5.41. The number of nitrogens with zero attached hydrogens (tertiary/aromatic N) is 1. The Bertz CT molecular complexity index is 424. The number of nitrogens with two attached hydrogens (primary N) is 1. The van der Waals surface area contributed by atoms with Crippen molar-refractivity contribution in [2.75, 3.05) is 0 Å². The standard InChI is InChI=1S/C15H23N3S/c1-3-5-7-12-8-10-13(11-9-12)14(6-4-2)17-18-15(16)19/h8-11H,3-7H2,1-2H3,(H3,16,18,19)/b17-14+. The number of benzene rings is 1. The van der Waals surface area contributed by atoms with Crippen LogP contribution in [-0.2, 0) is 6.42 Å². The van der Waals surface area contributed by atoms with Crippen LogP contribution in [0.25, 0.3) is 0 Å². The Kier molecular flexibility index (Phi) is 7.11. The Balaban J connectivity index is 2.79. The maximum Gasteiger partial charge on any atom is 0.184 e. The molecule has 0 aliphatic heterocycles. The second-order valence-corrected chi connectivity index (χ2v) is 5.02. The molecule has 0 aliphatic rings. The predicted octanol–water partition coefficient (Wildman–Crippen LogP) is 3.37. The minimum Gasteiger partial charge on any atom is -0.375 e. The van der Waals surface area contributed by atoms with Crippen LogP contribution in [0, 0.1) is 0 Å². The monoisotopic (exact) mass is 277 g/mol. The van der Waals surface area contributed by atoms with E-state index in [9.17, 15) is 0 Å². The minimum absolute atomic E-state index is 0.202. The van der Waals surface area contributed by atoms with E-state index in [1.165, 1.54) is 18.4 Å². The number of hydrogen-bond acceptors (Lipinski definition) is 2. The van der Waals surface area contributed by atoms with Crippen molar-refractivity contribution in [1.29, 1.82) is 0 Å². The lowest BCUT2D eigenvalue weighted by Crippen LogP contribution is -2.25. The second kappa shape index (κ2) is 8.64. The Morgan fingerprint density at radius 1 is 1.21 bits per heavy atom. The van der Waals surface area contributed by atoms with Gasteiger partial charge in [-0.1, -0.05) is 51.0 Å². The average Bonchev–Trinajstić information content (AvgIpc) is 2.41. The maximum atomic E-state index is 5.41. The molecule has 0 fully saturated rings. The van der Waals surface area contributed by atoms with Crippen LogP contribution >= 0.6 is 12.2 Å². The lowest BCUT2D eigenvalue weighted by Gasteiger charge is -2.07. The Morgan fingerprint density at radius 2 is 1.89 bits per heavy atom. The van der Waals surface area contributed by atoms with Gasteiger partial charge in [0, 0.05) is 0 Å². The fourth-order valence-corrected chi connectivity index (χ4v) is 1.91. The van der Waals surface area contributed by atoms with Gasteiger partial charge >= 0.3 is 0 Å². The summed E-state index contributed by atoms with van der Waals surface area (Å²) in [4.78, 5) is 0. The largest absolute Gasteiger partial charge is 0.375 e. The van der Waals surface area contributed by atoms with Crippen LogP contribution in [0.4, 0.5) is 0 Å². The highest BCUT2D eigenvalue weighted by molar-refractivity contribution is 7.80. The zero-order chi connectivity index (χ0) is 14.1. The molecule has 104 valence electrons. The van der Waals surface area contributed by atoms with Crippen molar-refractivity contribution in [3.63, 3.8) is 0 Å². The van der Waals surface area contributed by atoms with Crippen LogP contribution in [0.3, 0.4) is 0 Å². The van der Waals surface area contributed by atoms with Crippen molar-refractivity contribution < 1.29 is 0 Å². The first-order valence-corrected chi connectivity index (χ1v) is 7.29. The van der Waals surface area contributed by atoms with Gasteiger partial charge in [-0.05, 0) is 42.6 Å². The zero-order valence-electron chi connectivity index (χ0n) is 11.8. The summed E-state index contributed by atoms with van der Waals surface area (Å²) in [6, 6.07) is 8.61. The lowest BCUT2D eigenvalue weighted by molar-refractivity contribution is 0.795. The SMILES string of the molecule is CCCCc1ccc(/C(CCC)=N/NC(N)=S)cc1. The van der Waals surface area contributed by atoms with Crippen molar-refractivity contribution in [2.24, 2.45) is 10.8 Å². The van der Waals surface area contributed by atoms with Crippen molar-refractivity contribution in [1.82, 2.24) is 5.43 Å². The van der Waals surface area contributed by atoms with Gasteiger partial charge in [-0.25, -0.2) is 0 Å². The molecule has 0 aromatic heterocycles. The van der Waals surface area contributed by atoms with E-state index in [-0.39, 0.29) is 5.11 Å². The molecule has 0 unspecified atom stereocenters. The second-order valence-electron chi connectivity index (χ2n) is 4.59. The number of aryl methyl sites for hydroxylation is 1. The molecule has 1 rings (SSSR count). The molecule has 4 heteroatoms. The fourth-order valence-electron chi connectivity index (χ4n) is 1.87. The molecule has 0 radical (unpaired) electrons. The molecule has 0 bridgehead atoms. The summed E-state index contributed by atoms with van der Waals surface area (Å²) in [5.74, 6) is 0. The predicted molar refractivity (Wildman–Crippen MR) is 86.4 cm³/mol. The van der Waals surface area contributed by atoms with E-state index < -0.39 is 0 Å².